The van der Waals surface area contributed by atoms with E-state index in [-0.39, 0.29) is 11.4 Å². The molecule has 112 valence electrons. The second-order valence-electron chi connectivity index (χ2n) is 5.83. The molecule has 5 nitrogen and oxygen atoms in total. The molecule has 0 unspecified atom stereocenters. The topological polar surface area (TPSA) is 66.0 Å². The van der Waals surface area contributed by atoms with Crippen molar-refractivity contribution in [3.63, 3.8) is 0 Å². The van der Waals surface area contributed by atoms with E-state index in [4.69, 9.17) is 0 Å². The Morgan fingerprint density at radius 1 is 1.25 bits per heavy atom. The van der Waals surface area contributed by atoms with Crippen LogP contribution < -0.4 is 16.0 Å². The zero-order chi connectivity index (χ0) is 15.0. The van der Waals surface area contributed by atoms with Crippen molar-refractivity contribution in [2.24, 2.45) is 0 Å². The molecule has 0 spiro atoms. The van der Waals surface area contributed by atoms with Crippen molar-refractivity contribution < 1.29 is 4.79 Å². The maximum Gasteiger partial charge on any atom is 0.222 e. The van der Waals surface area contributed by atoms with Gasteiger partial charge in [-0.1, -0.05) is 6.92 Å². The number of amides is 1. The third kappa shape index (κ3) is 6.97. The Morgan fingerprint density at radius 3 is 2.65 bits per heavy atom. The number of anilines is 2. The van der Waals surface area contributed by atoms with Crippen molar-refractivity contribution in [2.45, 2.75) is 46.1 Å². The highest BCUT2D eigenvalue weighted by Gasteiger charge is 2.12. The molecule has 0 fully saturated rings. The van der Waals surface area contributed by atoms with E-state index in [1.807, 2.05) is 32.9 Å². The second kappa shape index (κ2) is 7.72. The summed E-state index contributed by atoms with van der Waals surface area (Å²) >= 11 is 0. The Hall–Kier alpha value is -1.78. The fourth-order valence-electron chi connectivity index (χ4n) is 1.69. The standard InChI is InChI=1S/C15H26N4O/c1-5-8-17-13-11-12(6-9-18-13)16-10-7-14(20)19-15(2,3)4/h6,9,11H,5,7-8,10H2,1-4H3,(H,19,20)(H2,16,17,18). The van der Waals surface area contributed by atoms with Gasteiger partial charge in [-0.2, -0.15) is 0 Å². The number of nitrogens with one attached hydrogen (secondary N) is 3. The van der Waals surface area contributed by atoms with Crippen LogP contribution in [0, 0.1) is 0 Å². The molecule has 0 atom stereocenters. The molecule has 0 aliphatic carbocycles. The van der Waals surface area contributed by atoms with Gasteiger partial charge in [0.15, 0.2) is 0 Å². The van der Waals surface area contributed by atoms with Crippen LogP contribution in [0.5, 0.6) is 0 Å². The quantitative estimate of drug-likeness (QED) is 0.717. The molecule has 1 aromatic heterocycles. The summed E-state index contributed by atoms with van der Waals surface area (Å²) < 4.78 is 0. The van der Waals surface area contributed by atoms with Gasteiger partial charge in [-0.25, -0.2) is 4.98 Å². The minimum absolute atomic E-state index is 0.0587. The average Bonchev–Trinajstić information content (AvgIpc) is 2.34. The summed E-state index contributed by atoms with van der Waals surface area (Å²) in [6.45, 7) is 9.57. The number of rotatable bonds is 7. The summed E-state index contributed by atoms with van der Waals surface area (Å²) in [6, 6.07) is 3.86. The smallest absolute Gasteiger partial charge is 0.222 e. The molecule has 1 rings (SSSR count). The summed E-state index contributed by atoms with van der Waals surface area (Å²) in [6.07, 6.45) is 3.28. The molecule has 5 heteroatoms. The minimum Gasteiger partial charge on any atom is -0.384 e. The molecule has 0 radical (unpaired) electrons. The van der Waals surface area contributed by atoms with Gasteiger partial charge in [-0.05, 0) is 33.3 Å². The average molecular weight is 278 g/mol. The van der Waals surface area contributed by atoms with E-state index in [2.05, 4.69) is 27.9 Å². The van der Waals surface area contributed by atoms with Gasteiger partial charge in [0.1, 0.15) is 5.82 Å². The first-order chi connectivity index (χ1) is 9.40. The van der Waals surface area contributed by atoms with Crippen LogP contribution >= 0.6 is 0 Å². The van der Waals surface area contributed by atoms with E-state index < -0.39 is 0 Å². The van der Waals surface area contributed by atoms with Crippen molar-refractivity contribution in [3.8, 4) is 0 Å². The number of nitrogens with zero attached hydrogens (tertiary/aromatic N) is 1. The SMILES string of the molecule is CCCNc1cc(NCCC(=O)NC(C)(C)C)ccn1. The third-order valence-electron chi connectivity index (χ3n) is 2.51. The number of pyridine rings is 1. The maximum absolute atomic E-state index is 11.7. The van der Waals surface area contributed by atoms with Gasteiger partial charge < -0.3 is 16.0 Å². The van der Waals surface area contributed by atoms with E-state index in [0.717, 1.165) is 24.5 Å². The van der Waals surface area contributed by atoms with Gasteiger partial charge in [-0.15, -0.1) is 0 Å². The molecular formula is C15H26N4O. The number of carbonyl (C=O) groups is 1. The van der Waals surface area contributed by atoms with Crippen molar-refractivity contribution in [2.75, 3.05) is 23.7 Å². The predicted molar refractivity (Wildman–Crippen MR) is 84.0 cm³/mol. The van der Waals surface area contributed by atoms with Crippen molar-refractivity contribution in [1.82, 2.24) is 10.3 Å². The first-order valence-corrected chi connectivity index (χ1v) is 7.15. The third-order valence-corrected chi connectivity index (χ3v) is 2.51. The summed E-state index contributed by atoms with van der Waals surface area (Å²) in [4.78, 5) is 15.9. The second-order valence-corrected chi connectivity index (χ2v) is 5.83. The van der Waals surface area contributed by atoms with Gasteiger partial charge in [0.25, 0.3) is 0 Å². The fraction of sp³-hybridized carbons (Fsp3) is 0.600. The number of carbonyl (C=O) groups excluding carboxylic acids is 1. The van der Waals surface area contributed by atoms with Crippen LogP contribution in [0.2, 0.25) is 0 Å². The molecule has 0 saturated carbocycles. The first-order valence-electron chi connectivity index (χ1n) is 7.15. The lowest BCUT2D eigenvalue weighted by atomic mass is 10.1. The molecule has 0 aliphatic heterocycles. The zero-order valence-corrected chi connectivity index (χ0v) is 12.9. The van der Waals surface area contributed by atoms with Crippen LogP contribution in [0.3, 0.4) is 0 Å². The van der Waals surface area contributed by atoms with Crippen molar-refractivity contribution in [3.05, 3.63) is 18.3 Å². The summed E-state index contributed by atoms with van der Waals surface area (Å²) in [7, 11) is 0. The highest BCUT2D eigenvalue weighted by atomic mass is 16.1. The highest BCUT2D eigenvalue weighted by Crippen LogP contribution is 2.11. The molecule has 20 heavy (non-hydrogen) atoms. The Bertz CT molecular complexity index is 426. The Kier molecular flexibility index (Phi) is 6.28. The van der Waals surface area contributed by atoms with Gasteiger partial charge in [0, 0.05) is 43.0 Å². The van der Waals surface area contributed by atoms with Crippen LogP contribution in [0.4, 0.5) is 11.5 Å². The number of hydrogen-bond donors (Lipinski definition) is 3. The number of hydrogen-bond acceptors (Lipinski definition) is 4. The van der Waals surface area contributed by atoms with Gasteiger partial charge in [0.2, 0.25) is 5.91 Å². The van der Waals surface area contributed by atoms with E-state index >= 15 is 0 Å². The molecule has 0 aromatic carbocycles. The maximum atomic E-state index is 11.7. The summed E-state index contributed by atoms with van der Waals surface area (Å²) in [5.41, 5.74) is 0.799. The molecule has 1 amide bonds. The normalized spacial score (nSPS) is 11.0. The number of aromatic nitrogens is 1. The van der Waals surface area contributed by atoms with Crippen LogP contribution in [0.25, 0.3) is 0 Å². The molecule has 1 aromatic rings. The summed E-state index contributed by atoms with van der Waals surface area (Å²) in [5.74, 6) is 0.916. The lowest BCUT2D eigenvalue weighted by Crippen LogP contribution is -2.41. The van der Waals surface area contributed by atoms with Crippen LogP contribution in [-0.2, 0) is 4.79 Å². The monoisotopic (exact) mass is 278 g/mol. The Labute approximate surface area is 121 Å². The molecule has 1 heterocycles. The van der Waals surface area contributed by atoms with E-state index in [1.54, 1.807) is 6.20 Å². The van der Waals surface area contributed by atoms with E-state index in [0.29, 0.717) is 13.0 Å². The van der Waals surface area contributed by atoms with E-state index in [9.17, 15) is 4.79 Å². The van der Waals surface area contributed by atoms with Gasteiger partial charge >= 0.3 is 0 Å². The van der Waals surface area contributed by atoms with Gasteiger partial charge in [0.05, 0.1) is 0 Å². The highest BCUT2D eigenvalue weighted by molar-refractivity contribution is 5.77. The fourth-order valence-corrected chi connectivity index (χ4v) is 1.69. The predicted octanol–water partition coefficient (Wildman–Crippen LogP) is 2.62. The van der Waals surface area contributed by atoms with E-state index in [1.165, 1.54) is 0 Å². The minimum atomic E-state index is -0.176. The largest absolute Gasteiger partial charge is 0.384 e. The molecule has 3 N–H and O–H groups in total. The lowest BCUT2D eigenvalue weighted by Gasteiger charge is -2.20. The van der Waals surface area contributed by atoms with Crippen molar-refractivity contribution >= 4 is 17.4 Å². The van der Waals surface area contributed by atoms with Gasteiger partial charge in [-0.3, -0.25) is 4.79 Å². The molecule has 0 bridgehead atoms. The lowest BCUT2D eigenvalue weighted by molar-refractivity contribution is -0.122. The van der Waals surface area contributed by atoms with Crippen LogP contribution in [0.1, 0.15) is 40.5 Å². The Balaban J connectivity index is 2.36. The zero-order valence-electron chi connectivity index (χ0n) is 12.9. The molecular weight excluding hydrogens is 252 g/mol. The van der Waals surface area contributed by atoms with Crippen LogP contribution in [-0.4, -0.2) is 29.5 Å². The van der Waals surface area contributed by atoms with Crippen LogP contribution in [0.15, 0.2) is 18.3 Å². The summed E-state index contributed by atoms with van der Waals surface area (Å²) in [5, 5.41) is 9.41. The first kappa shape index (κ1) is 16.3. The van der Waals surface area contributed by atoms with Crippen molar-refractivity contribution in [1.29, 1.82) is 0 Å². The Morgan fingerprint density at radius 2 is 2.00 bits per heavy atom. The molecule has 0 saturated heterocycles. The molecule has 0 aliphatic rings.